The third-order valence-electron chi connectivity index (χ3n) is 6.70. The van der Waals surface area contributed by atoms with Crippen LogP contribution in [-0.2, 0) is 0 Å². The minimum Gasteiger partial charge on any atom is -0.396 e. The summed E-state index contributed by atoms with van der Waals surface area (Å²) >= 11 is 1.64. The Labute approximate surface area is 194 Å². The van der Waals surface area contributed by atoms with Gasteiger partial charge >= 0.3 is 0 Å². The van der Waals surface area contributed by atoms with Crippen molar-refractivity contribution in [3.05, 3.63) is 23.7 Å². The Bertz CT molecular complexity index is 1090. The Morgan fingerprint density at radius 2 is 1.97 bits per heavy atom. The predicted molar refractivity (Wildman–Crippen MR) is 132 cm³/mol. The summed E-state index contributed by atoms with van der Waals surface area (Å²) in [7, 11) is 0. The third kappa shape index (κ3) is 4.86. The van der Waals surface area contributed by atoms with Gasteiger partial charge in [0.1, 0.15) is 16.3 Å². The number of pyridine rings is 1. The maximum absolute atomic E-state index is 9.54. The van der Waals surface area contributed by atoms with E-state index in [1.54, 1.807) is 11.3 Å². The van der Waals surface area contributed by atoms with E-state index < -0.39 is 0 Å². The van der Waals surface area contributed by atoms with E-state index in [2.05, 4.69) is 36.4 Å². The number of aryl methyl sites for hydroxylation is 2. The van der Waals surface area contributed by atoms with Crippen LogP contribution in [0.25, 0.3) is 20.8 Å². The molecule has 0 aromatic carbocycles. The Hall–Kier alpha value is -2.32. The van der Waals surface area contributed by atoms with Crippen molar-refractivity contribution in [2.75, 3.05) is 30.3 Å². The fourth-order valence-corrected chi connectivity index (χ4v) is 5.19. The molecule has 4 rings (SSSR count). The Kier molecular flexibility index (Phi) is 6.62. The fraction of sp³-hybridized carbons (Fsp3) is 0.583. The van der Waals surface area contributed by atoms with Gasteiger partial charge in [0.05, 0.1) is 21.7 Å². The van der Waals surface area contributed by atoms with Crippen LogP contribution in [0, 0.1) is 31.1 Å². The smallest absolute Gasteiger partial charge is 0.224 e. The van der Waals surface area contributed by atoms with Crippen molar-refractivity contribution < 1.29 is 5.11 Å². The quantitative estimate of drug-likeness (QED) is 0.395. The van der Waals surface area contributed by atoms with Crippen molar-refractivity contribution in [1.29, 1.82) is 0 Å². The highest BCUT2D eigenvalue weighted by molar-refractivity contribution is 7.21. The van der Waals surface area contributed by atoms with Crippen molar-refractivity contribution in [3.63, 3.8) is 0 Å². The summed E-state index contributed by atoms with van der Waals surface area (Å²) in [6.07, 6.45) is 4.91. The molecule has 0 spiro atoms. The molecule has 2 unspecified atom stereocenters. The molecule has 1 aliphatic rings. The van der Waals surface area contributed by atoms with E-state index in [0.29, 0.717) is 23.2 Å². The number of hydrogen-bond acceptors (Lipinski definition) is 8. The first-order chi connectivity index (χ1) is 15.3. The van der Waals surface area contributed by atoms with Crippen LogP contribution >= 0.6 is 11.3 Å². The van der Waals surface area contributed by atoms with E-state index in [0.717, 1.165) is 63.9 Å². The predicted octanol–water partition coefficient (Wildman–Crippen LogP) is 5.04. The molecule has 1 saturated carbocycles. The van der Waals surface area contributed by atoms with E-state index in [1.165, 1.54) is 6.42 Å². The molecule has 3 N–H and O–H groups in total. The summed E-state index contributed by atoms with van der Waals surface area (Å²) in [4.78, 5) is 18.9. The monoisotopic (exact) mass is 454 g/mol. The van der Waals surface area contributed by atoms with Crippen molar-refractivity contribution in [3.8, 4) is 10.6 Å². The zero-order valence-electron chi connectivity index (χ0n) is 19.7. The number of anilines is 2. The topological polar surface area (TPSA) is 95.8 Å². The largest absolute Gasteiger partial charge is 0.396 e. The maximum Gasteiger partial charge on any atom is 0.224 e. The summed E-state index contributed by atoms with van der Waals surface area (Å²) < 4.78 is 1.11. The van der Waals surface area contributed by atoms with Gasteiger partial charge in [-0.25, -0.2) is 9.97 Å². The molecule has 172 valence electrons. The highest BCUT2D eigenvalue weighted by Gasteiger charge is 2.45. The number of aliphatic hydroxyl groups excluding tert-OH is 1. The van der Waals surface area contributed by atoms with Gasteiger partial charge in [-0.3, -0.25) is 4.98 Å². The lowest BCUT2D eigenvalue weighted by molar-refractivity contribution is 0.217. The average Bonchev–Trinajstić information content (AvgIpc) is 3.15. The number of thiazole rings is 1. The first-order valence-electron chi connectivity index (χ1n) is 11.5. The summed E-state index contributed by atoms with van der Waals surface area (Å²) in [5.74, 6) is 2.41. The van der Waals surface area contributed by atoms with Crippen molar-refractivity contribution in [1.82, 2.24) is 19.9 Å². The molecule has 7 nitrogen and oxygen atoms in total. The number of aromatic nitrogens is 4. The van der Waals surface area contributed by atoms with Gasteiger partial charge in [-0.15, -0.1) is 11.3 Å². The Morgan fingerprint density at radius 1 is 1.19 bits per heavy atom. The van der Waals surface area contributed by atoms with E-state index in [-0.39, 0.29) is 6.61 Å². The lowest BCUT2D eigenvalue weighted by Gasteiger charge is -2.16. The molecular weight excluding hydrogens is 420 g/mol. The van der Waals surface area contributed by atoms with Crippen LogP contribution in [0.4, 0.5) is 11.8 Å². The second-order valence-corrected chi connectivity index (χ2v) is 10.6. The van der Waals surface area contributed by atoms with Crippen LogP contribution in [0.3, 0.4) is 0 Å². The van der Waals surface area contributed by atoms with E-state index in [9.17, 15) is 5.11 Å². The number of fused-ring (bicyclic) bond motifs is 1. The minimum absolute atomic E-state index is 0.210. The average molecular weight is 455 g/mol. The summed E-state index contributed by atoms with van der Waals surface area (Å²) in [6.45, 7) is 12.6. The Balaban J connectivity index is 1.64. The zero-order chi connectivity index (χ0) is 22.9. The summed E-state index contributed by atoms with van der Waals surface area (Å²) in [5.41, 5.74) is 4.12. The number of aliphatic hydroxyl groups is 1. The standard InChI is InChI=1S/C24H34N6OS/c1-6-16(13-31)7-9-26-21-19(22-29-20-15(3)25-10-8-18(20)32-22)14(2)28-23(30-21)27-12-17-11-24(17,4)5/h8,10,16-17,31H,6-7,9,11-13H2,1-5H3,(H2,26,27,28,30). The highest BCUT2D eigenvalue weighted by Crippen LogP contribution is 2.51. The SMILES string of the molecule is CCC(CO)CCNc1nc(NCC2CC2(C)C)nc(C)c1-c1nc2c(C)nccc2s1. The molecular formula is C24H34N6OS. The summed E-state index contributed by atoms with van der Waals surface area (Å²) in [6, 6.07) is 2.01. The normalized spacial score (nSPS) is 18.0. The number of nitrogens with zero attached hydrogens (tertiary/aromatic N) is 4. The molecule has 0 amide bonds. The van der Waals surface area contributed by atoms with Gasteiger partial charge in [0.2, 0.25) is 5.95 Å². The lowest BCUT2D eigenvalue weighted by Crippen LogP contribution is -2.15. The zero-order valence-corrected chi connectivity index (χ0v) is 20.5. The van der Waals surface area contributed by atoms with Gasteiger partial charge < -0.3 is 15.7 Å². The second-order valence-electron chi connectivity index (χ2n) is 9.56. The van der Waals surface area contributed by atoms with Crippen LogP contribution in [-0.4, -0.2) is 44.7 Å². The van der Waals surface area contributed by atoms with Gasteiger partial charge in [-0.1, -0.05) is 27.2 Å². The second kappa shape index (κ2) is 9.27. The van der Waals surface area contributed by atoms with Crippen molar-refractivity contribution in [2.24, 2.45) is 17.3 Å². The molecule has 32 heavy (non-hydrogen) atoms. The molecule has 8 heteroatoms. The van der Waals surface area contributed by atoms with Gasteiger partial charge in [0.25, 0.3) is 0 Å². The molecule has 0 aliphatic heterocycles. The molecule has 3 aromatic heterocycles. The Morgan fingerprint density at radius 3 is 2.62 bits per heavy atom. The molecule has 2 atom stereocenters. The maximum atomic E-state index is 9.54. The van der Waals surface area contributed by atoms with E-state index >= 15 is 0 Å². The number of hydrogen-bond donors (Lipinski definition) is 3. The number of rotatable bonds is 10. The molecule has 3 aromatic rings. The lowest BCUT2D eigenvalue weighted by atomic mass is 10.0. The van der Waals surface area contributed by atoms with Gasteiger partial charge in [-0.2, -0.15) is 4.98 Å². The van der Waals surface area contributed by atoms with Crippen LogP contribution in [0.1, 0.15) is 51.4 Å². The van der Waals surface area contributed by atoms with Crippen LogP contribution in [0.2, 0.25) is 0 Å². The van der Waals surface area contributed by atoms with Crippen molar-refractivity contribution >= 4 is 33.3 Å². The van der Waals surface area contributed by atoms with Gasteiger partial charge in [0.15, 0.2) is 0 Å². The molecule has 0 saturated heterocycles. The number of nitrogens with one attached hydrogen (secondary N) is 2. The third-order valence-corrected chi connectivity index (χ3v) is 7.74. The van der Waals surface area contributed by atoms with Crippen LogP contribution in [0.15, 0.2) is 12.3 Å². The van der Waals surface area contributed by atoms with Gasteiger partial charge in [-0.05, 0) is 50.0 Å². The fourth-order valence-electron chi connectivity index (χ4n) is 4.08. The minimum atomic E-state index is 0.210. The molecule has 0 radical (unpaired) electrons. The van der Waals surface area contributed by atoms with E-state index in [1.807, 2.05) is 26.1 Å². The molecule has 3 heterocycles. The van der Waals surface area contributed by atoms with Gasteiger partial charge in [0, 0.05) is 25.9 Å². The van der Waals surface area contributed by atoms with E-state index in [4.69, 9.17) is 15.0 Å². The van der Waals surface area contributed by atoms with Crippen molar-refractivity contribution in [2.45, 2.75) is 53.9 Å². The molecule has 0 bridgehead atoms. The highest BCUT2D eigenvalue weighted by atomic mass is 32.1. The van der Waals surface area contributed by atoms with Crippen LogP contribution < -0.4 is 10.6 Å². The first kappa shape index (κ1) is 22.9. The van der Waals surface area contributed by atoms with Crippen LogP contribution in [0.5, 0.6) is 0 Å². The first-order valence-corrected chi connectivity index (χ1v) is 12.3. The summed E-state index contributed by atoms with van der Waals surface area (Å²) in [5, 5.41) is 17.4. The molecule has 1 aliphatic carbocycles. The molecule has 1 fully saturated rings.